The summed E-state index contributed by atoms with van der Waals surface area (Å²) in [7, 11) is 1.75. The number of aliphatic carboxylic acids is 1. The Morgan fingerprint density at radius 3 is 2.60 bits per heavy atom. The number of carboxylic acids is 1. The van der Waals surface area contributed by atoms with Gasteiger partial charge < -0.3 is 30.0 Å². The van der Waals surface area contributed by atoms with E-state index < -0.39 is 17.9 Å². The first kappa shape index (κ1) is 29.5. The lowest BCUT2D eigenvalue weighted by Crippen LogP contribution is -2.42. The maximum absolute atomic E-state index is 13.4. The largest absolute Gasteiger partial charge is 0.480 e. The highest BCUT2D eigenvalue weighted by Gasteiger charge is 2.23. The molecule has 212 valence electrons. The fourth-order valence-corrected chi connectivity index (χ4v) is 5.27. The van der Waals surface area contributed by atoms with Gasteiger partial charge in [0.15, 0.2) is 11.5 Å². The van der Waals surface area contributed by atoms with E-state index in [0.717, 1.165) is 50.8 Å². The van der Waals surface area contributed by atoms with E-state index in [1.807, 2.05) is 61.5 Å². The van der Waals surface area contributed by atoms with Crippen LogP contribution in [-0.4, -0.2) is 54.9 Å². The topological polar surface area (TPSA) is 106 Å². The van der Waals surface area contributed by atoms with Gasteiger partial charge in [0, 0.05) is 11.3 Å². The summed E-state index contributed by atoms with van der Waals surface area (Å²) >= 11 is 1.80. The Hall–Kier alpha value is -3.53. The van der Waals surface area contributed by atoms with Crippen LogP contribution < -0.4 is 20.1 Å². The van der Waals surface area contributed by atoms with Crippen LogP contribution in [0.25, 0.3) is 11.1 Å². The molecule has 3 aromatic carbocycles. The van der Waals surface area contributed by atoms with Crippen molar-refractivity contribution in [2.24, 2.45) is 0 Å². The van der Waals surface area contributed by atoms with Crippen molar-refractivity contribution < 1.29 is 28.9 Å². The van der Waals surface area contributed by atoms with Gasteiger partial charge in [-0.3, -0.25) is 4.79 Å². The average molecular weight is 565 g/mol. The van der Waals surface area contributed by atoms with Crippen molar-refractivity contribution in [3.8, 4) is 22.6 Å². The van der Waals surface area contributed by atoms with Crippen LogP contribution in [0.15, 0.2) is 60.7 Å². The second kappa shape index (κ2) is 14.2. The van der Waals surface area contributed by atoms with Gasteiger partial charge in [0.2, 0.25) is 6.79 Å². The van der Waals surface area contributed by atoms with Gasteiger partial charge in [-0.05, 0) is 84.8 Å². The normalized spacial score (nSPS) is 13.6. The summed E-state index contributed by atoms with van der Waals surface area (Å²) in [6, 6.07) is 18.3. The number of thioether (sulfide) groups is 1. The average Bonchev–Trinajstić information content (AvgIpc) is 3.43. The molecule has 9 heteroatoms. The molecule has 4 rings (SSSR count). The Morgan fingerprint density at radius 2 is 1.85 bits per heavy atom. The summed E-state index contributed by atoms with van der Waals surface area (Å²) in [4.78, 5) is 25.1. The molecule has 2 atom stereocenters. The molecule has 0 saturated carbocycles. The Labute approximate surface area is 239 Å². The number of benzene rings is 3. The minimum absolute atomic E-state index is 0.159. The number of amides is 1. The summed E-state index contributed by atoms with van der Waals surface area (Å²) in [5.74, 6) is 1.72. The van der Waals surface area contributed by atoms with E-state index in [-0.39, 0.29) is 19.3 Å². The Morgan fingerprint density at radius 1 is 1.05 bits per heavy atom. The number of hydrogen-bond acceptors (Lipinski definition) is 7. The Bertz CT molecular complexity index is 1330. The molecule has 8 nitrogen and oxygen atoms in total. The Kier molecular flexibility index (Phi) is 10.5. The van der Waals surface area contributed by atoms with Gasteiger partial charge in [0.05, 0.1) is 12.7 Å². The van der Waals surface area contributed by atoms with Crippen molar-refractivity contribution in [3.63, 3.8) is 0 Å². The van der Waals surface area contributed by atoms with E-state index in [1.54, 1.807) is 24.9 Å². The van der Waals surface area contributed by atoms with Gasteiger partial charge in [-0.1, -0.05) is 43.3 Å². The molecule has 40 heavy (non-hydrogen) atoms. The predicted octanol–water partition coefficient (Wildman–Crippen LogP) is 5.19. The van der Waals surface area contributed by atoms with Crippen LogP contribution in [0, 0.1) is 6.92 Å². The first-order valence-corrected chi connectivity index (χ1v) is 14.5. The summed E-state index contributed by atoms with van der Waals surface area (Å²) in [5.41, 5.74) is 5.00. The highest BCUT2D eigenvalue weighted by molar-refractivity contribution is 7.99. The maximum Gasteiger partial charge on any atom is 0.326 e. The number of rotatable bonds is 14. The van der Waals surface area contributed by atoms with Gasteiger partial charge in [-0.25, -0.2) is 4.79 Å². The van der Waals surface area contributed by atoms with Gasteiger partial charge in [0.25, 0.3) is 5.91 Å². The number of carboxylic acid groups (broad SMARTS) is 1. The van der Waals surface area contributed by atoms with E-state index in [9.17, 15) is 14.7 Å². The quantitative estimate of drug-likeness (QED) is 0.246. The third kappa shape index (κ3) is 7.35. The second-order valence-corrected chi connectivity index (χ2v) is 10.8. The number of hydrogen-bond donors (Lipinski definition) is 3. The van der Waals surface area contributed by atoms with E-state index in [2.05, 4.69) is 17.6 Å². The third-order valence-electron chi connectivity index (χ3n) is 6.74. The van der Waals surface area contributed by atoms with Gasteiger partial charge in [0.1, 0.15) is 6.04 Å². The van der Waals surface area contributed by atoms with Crippen LogP contribution in [0.4, 0.5) is 0 Å². The third-order valence-corrected chi connectivity index (χ3v) is 7.69. The zero-order valence-electron chi connectivity index (χ0n) is 23.1. The number of nitrogens with one attached hydrogen (secondary N) is 2. The van der Waals surface area contributed by atoms with Crippen LogP contribution in [0.5, 0.6) is 11.5 Å². The fourth-order valence-electron chi connectivity index (χ4n) is 4.53. The molecule has 2 unspecified atom stereocenters. The van der Waals surface area contributed by atoms with Crippen molar-refractivity contribution >= 4 is 23.6 Å². The Balaban J connectivity index is 1.60. The highest BCUT2D eigenvalue weighted by atomic mass is 32.2. The number of carbonyl (C=O) groups is 2. The first-order valence-electron chi connectivity index (χ1n) is 13.4. The lowest BCUT2D eigenvalue weighted by atomic mass is 9.93. The number of carbonyl (C=O) groups excluding carboxylic acids is 1. The predicted molar refractivity (Wildman–Crippen MR) is 157 cm³/mol. The van der Waals surface area contributed by atoms with Crippen LogP contribution in [0.1, 0.15) is 46.5 Å². The number of ether oxygens (including phenoxy) is 3. The zero-order valence-corrected chi connectivity index (χ0v) is 23.9. The van der Waals surface area contributed by atoms with Gasteiger partial charge in [-0.15, -0.1) is 0 Å². The van der Waals surface area contributed by atoms with E-state index in [1.165, 1.54) is 0 Å². The van der Waals surface area contributed by atoms with Crippen molar-refractivity contribution in [3.05, 3.63) is 82.9 Å². The summed E-state index contributed by atoms with van der Waals surface area (Å²) in [5, 5.41) is 15.3. The molecule has 1 heterocycles. The zero-order chi connectivity index (χ0) is 28.5. The van der Waals surface area contributed by atoms with Crippen molar-refractivity contribution in [1.29, 1.82) is 0 Å². The standard InChI is InChI=1S/C31H36N2O6S/c1-4-40-18-29(22-10-12-27-28(16-22)39-19-38-27)37-17-21-9-11-24(25(15-21)23-8-6-5-7-20(23)2)30(34)33-26(31(35)36)13-14-32-3/h5-12,15-16,26,29,32H,4,13-14,17-19H2,1-3H3,(H,33,34)(H,35,36). The molecule has 0 saturated heterocycles. The van der Waals surface area contributed by atoms with Crippen molar-refractivity contribution in [2.75, 3.05) is 31.9 Å². The number of fused-ring (bicyclic) bond motifs is 1. The highest BCUT2D eigenvalue weighted by Crippen LogP contribution is 2.36. The SMILES string of the molecule is CCSCC(OCc1ccc(C(=O)NC(CCNC)C(=O)O)c(-c2ccccc2C)c1)c1ccc2c(c1)OCO2. The molecule has 1 amide bonds. The first-order chi connectivity index (χ1) is 19.4. The smallest absolute Gasteiger partial charge is 0.326 e. The molecular formula is C31H36N2O6S. The number of aryl methyl sites for hydroxylation is 1. The molecule has 0 spiro atoms. The summed E-state index contributed by atoms with van der Waals surface area (Å²) in [6.45, 7) is 5.14. The molecule has 0 radical (unpaired) electrons. The van der Waals surface area contributed by atoms with Crippen molar-refractivity contribution in [1.82, 2.24) is 10.6 Å². The molecule has 3 aromatic rings. The molecule has 0 aromatic heterocycles. The summed E-state index contributed by atoms with van der Waals surface area (Å²) in [6.07, 6.45) is 0.119. The van der Waals surface area contributed by atoms with Gasteiger partial charge >= 0.3 is 5.97 Å². The lowest BCUT2D eigenvalue weighted by Gasteiger charge is -2.20. The lowest BCUT2D eigenvalue weighted by molar-refractivity contribution is -0.139. The molecule has 0 fully saturated rings. The van der Waals surface area contributed by atoms with E-state index in [0.29, 0.717) is 18.7 Å². The van der Waals surface area contributed by atoms with Crippen LogP contribution in [0.3, 0.4) is 0 Å². The van der Waals surface area contributed by atoms with E-state index >= 15 is 0 Å². The van der Waals surface area contributed by atoms with Crippen molar-refractivity contribution in [2.45, 2.75) is 39.0 Å². The molecule has 1 aliphatic heterocycles. The van der Waals surface area contributed by atoms with E-state index in [4.69, 9.17) is 14.2 Å². The molecule has 0 bridgehead atoms. The minimum Gasteiger partial charge on any atom is -0.480 e. The minimum atomic E-state index is -1.06. The monoisotopic (exact) mass is 564 g/mol. The van der Waals surface area contributed by atoms with Gasteiger partial charge in [-0.2, -0.15) is 11.8 Å². The summed E-state index contributed by atoms with van der Waals surface area (Å²) < 4.78 is 17.5. The second-order valence-electron chi connectivity index (χ2n) is 9.52. The molecule has 1 aliphatic rings. The van der Waals surface area contributed by atoms with Crippen LogP contribution in [0.2, 0.25) is 0 Å². The molecule has 3 N–H and O–H groups in total. The fraction of sp³-hybridized carbons (Fsp3) is 0.355. The maximum atomic E-state index is 13.4. The molecule has 0 aliphatic carbocycles. The molecular weight excluding hydrogens is 528 g/mol. The van der Waals surface area contributed by atoms with Crippen LogP contribution in [-0.2, 0) is 16.1 Å². The van der Waals surface area contributed by atoms with Crippen LogP contribution >= 0.6 is 11.8 Å².